The highest BCUT2D eigenvalue weighted by Gasteiger charge is 2.41. The summed E-state index contributed by atoms with van der Waals surface area (Å²) in [6, 6.07) is 4.29. The number of anilines is 1. The van der Waals surface area contributed by atoms with Crippen LogP contribution in [-0.4, -0.2) is 61.0 Å². The third-order valence-electron chi connectivity index (χ3n) is 5.94. The maximum atomic E-state index is 12.3. The van der Waals surface area contributed by atoms with Crippen molar-refractivity contribution >= 4 is 11.7 Å². The van der Waals surface area contributed by atoms with Gasteiger partial charge in [0.05, 0.1) is 0 Å². The van der Waals surface area contributed by atoms with Crippen LogP contribution in [-0.2, 0) is 11.3 Å². The van der Waals surface area contributed by atoms with E-state index in [-0.39, 0.29) is 0 Å². The first-order valence-corrected chi connectivity index (χ1v) is 10.1. The maximum absolute atomic E-state index is 12.3. The molecule has 2 aliphatic heterocycles. The highest BCUT2D eigenvalue weighted by molar-refractivity contribution is 5.77. The number of pyridine rings is 1. The Morgan fingerprint density at radius 1 is 1.23 bits per heavy atom. The summed E-state index contributed by atoms with van der Waals surface area (Å²) in [7, 11) is 4.04. The van der Waals surface area contributed by atoms with Gasteiger partial charge in [-0.05, 0) is 43.9 Å². The number of hydrogen-bond donors (Lipinski definition) is 0. The van der Waals surface area contributed by atoms with Gasteiger partial charge in [0.25, 0.3) is 0 Å². The first kappa shape index (κ1) is 19.2. The number of piperidine rings is 2. The summed E-state index contributed by atoms with van der Waals surface area (Å²) in [6.45, 7) is 7.32. The third-order valence-corrected chi connectivity index (χ3v) is 5.94. The normalized spacial score (nSPS) is 24.3. The van der Waals surface area contributed by atoms with Crippen LogP contribution >= 0.6 is 0 Å². The Labute approximate surface area is 158 Å². The molecule has 1 aromatic rings. The zero-order valence-electron chi connectivity index (χ0n) is 16.7. The molecule has 0 radical (unpaired) electrons. The van der Waals surface area contributed by atoms with Gasteiger partial charge in [0.2, 0.25) is 5.91 Å². The van der Waals surface area contributed by atoms with Gasteiger partial charge in [-0.1, -0.05) is 19.4 Å². The van der Waals surface area contributed by atoms with Crippen molar-refractivity contribution in [3.63, 3.8) is 0 Å². The van der Waals surface area contributed by atoms with Crippen molar-refractivity contribution in [1.82, 2.24) is 14.8 Å². The number of likely N-dealkylation sites (tertiary alicyclic amines) is 2. The van der Waals surface area contributed by atoms with Crippen LogP contribution in [0.5, 0.6) is 0 Å². The molecule has 0 unspecified atom stereocenters. The van der Waals surface area contributed by atoms with Crippen LogP contribution in [0.3, 0.4) is 0 Å². The van der Waals surface area contributed by atoms with Crippen LogP contribution in [0.2, 0.25) is 0 Å². The van der Waals surface area contributed by atoms with Gasteiger partial charge < -0.3 is 9.80 Å². The van der Waals surface area contributed by atoms with Crippen LogP contribution < -0.4 is 4.90 Å². The minimum atomic E-state index is 0.302. The monoisotopic (exact) mass is 358 g/mol. The molecule has 2 aliphatic rings. The van der Waals surface area contributed by atoms with Gasteiger partial charge in [0.1, 0.15) is 5.82 Å². The van der Waals surface area contributed by atoms with E-state index in [2.05, 4.69) is 33.8 Å². The number of hydrogen-bond acceptors (Lipinski definition) is 4. The minimum Gasteiger partial charge on any atom is -0.363 e. The highest BCUT2D eigenvalue weighted by Crippen LogP contribution is 2.39. The molecule has 5 heteroatoms. The molecule has 26 heavy (non-hydrogen) atoms. The molecule has 1 spiro atoms. The van der Waals surface area contributed by atoms with E-state index in [1.165, 1.54) is 18.4 Å². The first-order chi connectivity index (χ1) is 12.5. The van der Waals surface area contributed by atoms with E-state index in [0.717, 1.165) is 64.2 Å². The number of unbranched alkanes of at least 4 members (excludes halogenated alkanes) is 1. The van der Waals surface area contributed by atoms with E-state index in [1.54, 1.807) is 0 Å². The molecule has 0 saturated carbocycles. The largest absolute Gasteiger partial charge is 0.363 e. The Morgan fingerprint density at radius 2 is 2.08 bits per heavy atom. The number of carbonyl (C=O) groups excluding carboxylic acids is 1. The lowest BCUT2D eigenvalue weighted by Crippen LogP contribution is -2.53. The fraction of sp³-hybridized carbons (Fsp3) is 0.714. The van der Waals surface area contributed by atoms with E-state index in [1.807, 2.05) is 25.2 Å². The predicted molar refractivity (Wildman–Crippen MR) is 106 cm³/mol. The standard InChI is InChI=1S/C21H34N4O/c1-4-5-13-25-17-21(11-9-20(25)26)10-6-12-24(16-21)15-18-7-8-19(22-14-18)23(2)3/h7-8,14H,4-6,9-13,15-17H2,1-3H3/t21-/m1/s1. The lowest BCUT2D eigenvalue weighted by molar-refractivity contribution is -0.139. The topological polar surface area (TPSA) is 39.7 Å². The quantitative estimate of drug-likeness (QED) is 0.783. The fourth-order valence-electron chi connectivity index (χ4n) is 4.47. The van der Waals surface area contributed by atoms with E-state index < -0.39 is 0 Å². The Kier molecular flexibility index (Phi) is 6.17. The van der Waals surface area contributed by atoms with Gasteiger partial charge in [0, 0.05) is 58.3 Å². The molecule has 0 N–H and O–H groups in total. The first-order valence-electron chi connectivity index (χ1n) is 10.1. The van der Waals surface area contributed by atoms with Crippen molar-refractivity contribution in [2.45, 2.75) is 52.0 Å². The second-order valence-electron chi connectivity index (χ2n) is 8.40. The van der Waals surface area contributed by atoms with Crippen molar-refractivity contribution in [3.05, 3.63) is 23.9 Å². The summed E-state index contributed by atoms with van der Waals surface area (Å²) in [6.07, 6.45) is 8.57. The van der Waals surface area contributed by atoms with Gasteiger partial charge in [0.15, 0.2) is 0 Å². The number of amides is 1. The summed E-state index contributed by atoms with van der Waals surface area (Å²) in [4.78, 5) is 23.6. The second-order valence-corrected chi connectivity index (χ2v) is 8.40. The van der Waals surface area contributed by atoms with Gasteiger partial charge >= 0.3 is 0 Å². The summed E-state index contributed by atoms with van der Waals surface area (Å²) < 4.78 is 0. The molecule has 1 atom stereocenters. The van der Waals surface area contributed by atoms with Crippen LogP contribution in [0.15, 0.2) is 18.3 Å². The molecule has 5 nitrogen and oxygen atoms in total. The molecule has 0 aliphatic carbocycles. The molecule has 0 bridgehead atoms. The van der Waals surface area contributed by atoms with Crippen molar-refractivity contribution in [1.29, 1.82) is 0 Å². The second kappa shape index (κ2) is 8.38. The van der Waals surface area contributed by atoms with Gasteiger partial charge in [-0.3, -0.25) is 9.69 Å². The van der Waals surface area contributed by atoms with E-state index in [9.17, 15) is 4.79 Å². The molecule has 3 rings (SSSR count). The fourth-order valence-corrected chi connectivity index (χ4v) is 4.47. The number of aromatic nitrogens is 1. The summed E-state index contributed by atoms with van der Waals surface area (Å²) in [5, 5.41) is 0. The summed E-state index contributed by atoms with van der Waals surface area (Å²) in [5.74, 6) is 1.37. The van der Waals surface area contributed by atoms with E-state index >= 15 is 0 Å². The number of rotatable bonds is 6. The lowest BCUT2D eigenvalue weighted by Gasteiger charge is -2.48. The molecule has 0 aromatic carbocycles. The van der Waals surface area contributed by atoms with Crippen molar-refractivity contribution in [2.75, 3.05) is 45.2 Å². The molecule has 3 heterocycles. The lowest BCUT2D eigenvalue weighted by atomic mass is 9.73. The van der Waals surface area contributed by atoms with E-state index in [0.29, 0.717) is 11.3 Å². The van der Waals surface area contributed by atoms with Crippen LogP contribution in [0.25, 0.3) is 0 Å². The van der Waals surface area contributed by atoms with E-state index in [4.69, 9.17) is 0 Å². The molecule has 2 fully saturated rings. The van der Waals surface area contributed by atoms with Crippen LogP contribution in [0.1, 0.15) is 51.0 Å². The number of nitrogens with zero attached hydrogens (tertiary/aromatic N) is 4. The molecular formula is C21H34N4O. The van der Waals surface area contributed by atoms with Gasteiger partial charge in [-0.2, -0.15) is 0 Å². The Balaban J connectivity index is 1.62. The molecule has 1 amide bonds. The van der Waals surface area contributed by atoms with Crippen molar-refractivity contribution in [2.24, 2.45) is 5.41 Å². The average molecular weight is 359 g/mol. The molecule has 144 valence electrons. The van der Waals surface area contributed by atoms with Crippen LogP contribution in [0, 0.1) is 5.41 Å². The average Bonchev–Trinajstić information content (AvgIpc) is 2.63. The van der Waals surface area contributed by atoms with Crippen molar-refractivity contribution in [3.8, 4) is 0 Å². The zero-order valence-corrected chi connectivity index (χ0v) is 16.7. The number of carbonyl (C=O) groups is 1. The predicted octanol–water partition coefficient (Wildman–Crippen LogP) is 3.15. The molecule has 1 aromatic heterocycles. The molecule has 2 saturated heterocycles. The van der Waals surface area contributed by atoms with Crippen LogP contribution in [0.4, 0.5) is 5.82 Å². The molecular weight excluding hydrogens is 324 g/mol. The third kappa shape index (κ3) is 4.56. The Morgan fingerprint density at radius 3 is 2.77 bits per heavy atom. The SMILES string of the molecule is CCCCN1C[C@]2(CCCN(Cc3ccc(N(C)C)nc3)C2)CCC1=O. The Hall–Kier alpha value is -1.62. The summed E-state index contributed by atoms with van der Waals surface area (Å²) in [5.41, 5.74) is 1.58. The highest BCUT2D eigenvalue weighted by atomic mass is 16.2. The van der Waals surface area contributed by atoms with Gasteiger partial charge in [-0.15, -0.1) is 0 Å². The maximum Gasteiger partial charge on any atom is 0.222 e. The van der Waals surface area contributed by atoms with Gasteiger partial charge in [-0.25, -0.2) is 4.98 Å². The summed E-state index contributed by atoms with van der Waals surface area (Å²) >= 11 is 0. The Bertz CT molecular complexity index is 601. The zero-order chi connectivity index (χ0) is 18.6. The van der Waals surface area contributed by atoms with Crippen molar-refractivity contribution < 1.29 is 4.79 Å². The smallest absolute Gasteiger partial charge is 0.222 e. The minimum absolute atomic E-state index is 0.302.